The van der Waals surface area contributed by atoms with Crippen molar-refractivity contribution in [2.24, 2.45) is 0 Å². The minimum atomic E-state index is 0.0188. The predicted molar refractivity (Wildman–Crippen MR) is 93.4 cm³/mol. The molecule has 0 radical (unpaired) electrons. The molecular weight excluding hydrogens is 348 g/mol. The summed E-state index contributed by atoms with van der Waals surface area (Å²) in [7, 11) is 0. The molecule has 4 rings (SSSR count). The molecule has 3 aliphatic heterocycles. The maximum absolute atomic E-state index is 12.7. The van der Waals surface area contributed by atoms with Gasteiger partial charge in [-0.25, -0.2) is 0 Å². The second-order valence-electron chi connectivity index (χ2n) is 6.57. The van der Waals surface area contributed by atoms with Gasteiger partial charge in [0.2, 0.25) is 5.91 Å². The Labute approximate surface area is 150 Å². The van der Waals surface area contributed by atoms with Crippen molar-refractivity contribution in [3.05, 3.63) is 21.3 Å². The van der Waals surface area contributed by atoms with Crippen LogP contribution in [0.3, 0.4) is 0 Å². The fourth-order valence-corrected chi connectivity index (χ4v) is 4.61. The summed E-state index contributed by atoms with van der Waals surface area (Å²) >= 11 is 7.28. The van der Waals surface area contributed by atoms with Crippen LogP contribution in [0.25, 0.3) is 0 Å². The Morgan fingerprint density at radius 2 is 1.83 bits per heavy atom. The van der Waals surface area contributed by atoms with Crippen molar-refractivity contribution in [2.45, 2.75) is 51.1 Å². The second-order valence-corrected chi connectivity index (χ2v) is 7.92. The molecular formula is C17H21ClN2O3S. The van der Waals surface area contributed by atoms with Crippen molar-refractivity contribution in [1.29, 1.82) is 0 Å². The molecule has 2 atom stereocenters. The molecule has 0 aromatic carbocycles. The van der Waals surface area contributed by atoms with E-state index >= 15 is 0 Å². The van der Waals surface area contributed by atoms with Gasteiger partial charge >= 0.3 is 0 Å². The average molecular weight is 369 g/mol. The molecule has 0 spiro atoms. The summed E-state index contributed by atoms with van der Waals surface area (Å²) < 4.78 is 0. The fraction of sp³-hybridized carbons (Fsp3) is 0.588. The van der Waals surface area contributed by atoms with E-state index in [9.17, 15) is 14.4 Å². The van der Waals surface area contributed by atoms with Crippen molar-refractivity contribution in [3.63, 3.8) is 0 Å². The summed E-state index contributed by atoms with van der Waals surface area (Å²) in [6.45, 7) is 2.75. The Bertz CT molecular complexity index is 660. The van der Waals surface area contributed by atoms with Crippen LogP contribution < -0.4 is 0 Å². The van der Waals surface area contributed by atoms with Gasteiger partial charge in [-0.15, -0.1) is 11.3 Å². The Kier molecular flexibility index (Phi) is 5.25. The van der Waals surface area contributed by atoms with E-state index in [1.165, 1.54) is 11.3 Å². The van der Waals surface area contributed by atoms with Gasteiger partial charge in [-0.05, 0) is 32.3 Å². The highest BCUT2D eigenvalue weighted by molar-refractivity contribution is 7.12. The summed E-state index contributed by atoms with van der Waals surface area (Å²) in [5, 5.41) is 2.36. The molecule has 2 unspecified atom stereocenters. The fourth-order valence-electron chi connectivity index (χ4n) is 3.58. The third-order valence-electron chi connectivity index (χ3n) is 4.81. The molecule has 1 aromatic rings. The van der Waals surface area contributed by atoms with Gasteiger partial charge < -0.3 is 14.6 Å². The van der Waals surface area contributed by atoms with E-state index in [0.29, 0.717) is 42.3 Å². The van der Waals surface area contributed by atoms with E-state index < -0.39 is 0 Å². The number of piperazine rings is 1. The quantitative estimate of drug-likeness (QED) is 0.802. The summed E-state index contributed by atoms with van der Waals surface area (Å²) in [5.74, 6) is 0.247. The Balaban J connectivity index is 1.61. The molecule has 2 bridgehead atoms. The second kappa shape index (κ2) is 7.23. The molecule has 0 aliphatic carbocycles. The van der Waals surface area contributed by atoms with Crippen LogP contribution in [0.4, 0.5) is 0 Å². The van der Waals surface area contributed by atoms with Gasteiger partial charge in [-0.3, -0.25) is 9.59 Å². The zero-order chi connectivity index (χ0) is 17.3. The largest absolute Gasteiger partial charge is 0.336 e. The van der Waals surface area contributed by atoms with Gasteiger partial charge in [0.25, 0.3) is 5.91 Å². The number of hydrogen-bond acceptors (Lipinski definition) is 4. The number of thiophene rings is 1. The van der Waals surface area contributed by atoms with Crippen molar-refractivity contribution in [2.75, 3.05) is 13.1 Å². The first-order valence-corrected chi connectivity index (χ1v) is 9.55. The molecule has 7 heteroatoms. The number of carbonyl (C=O) groups excluding carboxylic acids is 3. The number of Topliss-reactive ketones (excluding diaryl/α,β-unsaturated/α-hetero) is 1. The van der Waals surface area contributed by atoms with Crippen LogP contribution in [-0.4, -0.2) is 52.6 Å². The van der Waals surface area contributed by atoms with Crippen LogP contribution in [0, 0.1) is 0 Å². The van der Waals surface area contributed by atoms with E-state index in [0.717, 1.165) is 12.8 Å². The molecule has 3 fully saturated rings. The zero-order valence-electron chi connectivity index (χ0n) is 13.7. The number of piperidine rings is 2. The molecule has 3 saturated heterocycles. The highest BCUT2D eigenvalue weighted by Crippen LogP contribution is 2.32. The Morgan fingerprint density at radius 3 is 2.38 bits per heavy atom. The molecule has 0 saturated carbocycles. The van der Waals surface area contributed by atoms with E-state index in [4.69, 9.17) is 11.6 Å². The monoisotopic (exact) mass is 368 g/mol. The average Bonchev–Trinajstić information content (AvgIpc) is 3.00. The number of hydrogen-bond donors (Lipinski definition) is 0. The Hall–Kier alpha value is -1.40. The first-order chi connectivity index (χ1) is 11.5. The van der Waals surface area contributed by atoms with Crippen molar-refractivity contribution in [1.82, 2.24) is 9.80 Å². The smallest absolute Gasteiger partial charge is 0.264 e. The minimum absolute atomic E-state index is 0.0188. The van der Waals surface area contributed by atoms with Gasteiger partial charge in [0.1, 0.15) is 5.78 Å². The minimum Gasteiger partial charge on any atom is -0.336 e. The predicted octanol–water partition coefficient (Wildman–Crippen LogP) is 2.98. The summed E-state index contributed by atoms with van der Waals surface area (Å²) in [6.07, 6.45) is 3.36. The lowest BCUT2D eigenvalue weighted by molar-refractivity contribution is -0.140. The van der Waals surface area contributed by atoms with E-state index in [1.54, 1.807) is 18.4 Å². The summed E-state index contributed by atoms with van der Waals surface area (Å²) in [5.41, 5.74) is 0. The molecule has 5 nitrogen and oxygen atoms in total. The van der Waals surface area contributed by atoms with Crippen molar-refractivity contribution >= 4 is 40.5 Å². The van der Waals surface area contributed by atoms with Crippen molar-refractivity contribution in [3.8, 4) is 0 Å². The topological polar surface area (TPSA) is 57.7 Å². The van der Waals surface area contributed by atoms with E-state index in [1.807, 2.05) is 9.80 Å². The summed E-state index contributed by atoms with van der Waals surface area (Å²) in [6, 6.07) is 1.89. The Morgan fingerprint density at radius 1 is 1.17 bits per heavy atom. The highest BCUT2D eigenvalue weighted by Gasteiger charge is 2.42. The normalized spacial score (nSPS) is 22.8. The maximum Gasteiger partial charge on any atom is 0.264 e. The van der Waals surface area contributed by atoms with Crippen LogP contribution in [0.15, 0.2) is 11.4 Å². The zero-order valence-corrected chi connectivity index (χ0v) is 15.2. The SMILES string of the molecule is CC(=O)CCCC(=O)N1CC2CCC1CN2C(=O)c1cc(Cl)cs1. The first-order valence-electron chi connectivity index (χ1n) is 8.29. The van der Waals surface area contributed by atoms with Crippen molar-refractivity contribution < 1.29 is 14.4 Å². The number of halogens is 1. The van der Waals surface area contributed by atoms with Gasteiger partial charge in [-0.2, -0.15) is 0 Å². The number of carbonyl (C=O) groups is 3. The standard InChI is InChI=1S/C17H21ClN2O3S/c1-11(21)3-2-4-16(22)19-8-14-6-5-13(19)9-20(14)17(23)15-7-12(18)10-24-15/h7,10,13-14H,2-6,8-9H2,1H3. The highest BCUT2D eigenvalue weighted by atomic mass is 35.5. The number of amides is 2. The molecule has 24 heavy (non-hydrogen) atoms. The first kappa shape index (κ1) is 17.4. The molecule has 1 aromatic heterocycles. The lowest BCUT2D eigenvalue weighted by Crippen LogP contribution is -2.65. The molecule has 130 valence electrons. The van der Waals surface area contributed by atoms with Crippen LogP contribution >= 0.6 is 22.9 Å². The number of ketones is 1. The van der Waals surface area contributed by atoms with Crippen LogP contribution in [0.5, 0.6) is 0 Å². The van der Waals surface area contributed by atoms with E-state index in [-0.39, 0.29) is 29.7 Å². The maximum atomic E-state index is 12.7. The van der Waals surface area contributed by atoms with Gasteiger partial charge in [0.05, 0.1) is 9.90 Å². The number of rotatable bonds is 5. The van der Waals surface area contributed by atoms with E-state index in [2.05, 4.69) is 0 Å². The molecule has 0 N–H and O–H groups in total. The van der Waals surface area contributed by atoms with Gasteiger partial charge in [0.15, 0.2) is 0 Å². The lowest BCUT2D eigenvalue weighted by Gasteiger charge is -2.51. The van der Waals surface area contributed by atoms with Crippen LogP contribution in [-0.2, 0) is 9.59 Å². The number of fused-ring (bicyclic) bond motifs is 3. The number of nitrogens with zero attached hydrogens (tertiary/aromatic N) is 2. The third kappa shape index (κ3) is 3.64. The van der Waals surface area contributed by atoms with Crippen LogP contribution in [0.1, 0.15) is 48.7 Å². The lowest BCUT2D eigenvalue weighted by atomic mass is 9.90. The van der Waals surface area contributed by atoms with Gasteiger partial charge in [-0.1, -0.05) is 11.6 Å². The molecule has 3 aliphatic rings. The third-order valence-corrected chi connectivity index (χ3v) is 6.07. The molecule has 4 heterocycles. The molecule has 2 amide bonds. The van der Waals surface area contributed by atoms with Crippen LogP contribution in [0.2, 0.25) is 5.02 Å². The van der Waals surface area contributed by atoms with Gasteiger partial charge in [0, 0.05) is 43.4 Å². The summed E-state index contributed by atoms with van der Waals surface area (Å²) in [4.78, 5) is 40.6.